The van der Waals surface area contributed by atoms with Crippen LogP contribution in [0.15, 0.2) is 35.0 Å². The molecule has 0 N–H and O–H groups in total. The van der Waals surface area contributed by atoms with Crippen LogP contribution in [0.4, 0.5) is 0 Å². The summed E-state index contributed by atoms with van der Waals surface area (Å²) in [5, 5.41) is 5.37. The van der Waals surface area contributed by atoms with Crippen molar-refractivity contribution >= 4 is 10.9 Å². The van der Waals surface area contributed by atoms with Gasteiger partial charge in [0, 0.05) is 42.7 Å². The summed E-state index contributed by atoms with van der Waals surface area (Å²) in [4.78, 5) is 7.13. The molecule has 0 spiro atoms. The fraction of sp³-hybridized carbons (Fsp3) is 0.474. The molecular weight excluding hydrogens is 300 g/mol. The van der Waals surface area contributed by atoms with Gasteiger partial charge in [-0.15, -0.1) is 0 Å². The van der Waals surface area contributed by atoms with Crippen LogP contribution in [0.3, 0.4) is 0 Å². The molecule has 24 heavy (non-hydrogen) atoms. The lowest BCUT2D eigenvalue weighted by atomic mass is 9.99. The number of hydrogen-bond donors (Lipinski definition) is 0. The summed E-state index contributed by atoms with van der Waals surface area (Å²) in [6.07, 6.45) is 5.49. The third kappa shape index (κ3) is 2.96. The largest absolute Gasteiger partial charge is 0.350 e. The fourth-order valence-corrected chi connectivity index (χ4v) is 3.53. The van der Waals surface area contributed by atoms with Crippen LogP contribution >= 0.6 is 0 Å². The summed E-state index contributed by atoms with van der Waals surface area (Å²) in [5.74, 6) is 2.29. The van der Waals surface area contributed by atoms with Gasteiger partial charge in [-0.05, 0) is 37.9 Å². The van der Waals surface area contributed by atoms with Crippen molar-refractivity contribution in [2.45, 2.75) is 26.2 Å². The quantitative estimate of drug-likeness (QED) is 0.737. The minimum atomic E-state index is 0.689. The molecule has 3 heterocycles. The maximum atomic E-state index is 5.49. The van der Waals surface area contributed by atoms with Gasteiger partial charge in [-0.3, -0.25) is 0 Å². The zero-order valence-corrected chi connectivity index (χ0v) is 14.4. The number of piperidine rings is 1. The summed E-state index contributed by atoms with van der Waals surface area (Å²) >= 11 is 0. The number of para-hydroxylation sites is 1. The Hall–Kier alpha value is -2.14. The van der Waals surface area contributed by atoms with E-state index in [4.69, 9.17) is 4.52 Å². The highest BCUT2D eigenvalue weighted by molar-refractivity contribution is 5.94. The van der Waals surface area contributed by atoms with Crippen molar-refractivity contribution in [2.75, 3.05) is 19.6 Å². The van der Waals surface area contributed by atoms with Crippen LogP contribution in [0, 0.1) is 5.92 Å². The Balaban J connectivity index is 1.48. The maximum absolute atomic E-state index is 5.49. The van der Waals surface area contributed by atoms with E-state index in [0.717, 1.165) is 35.7 Å². The topological polar surface area (TPSA) is 47.1 Å². The Kier molecular flexibility index (Phi) is 4.10. The highest BCUT2D eigenvalue weighted by Crippen LogP contribution is 2.28. The summed E-state index contributed by atoms with van der Waals surface area (Å²) in [6.45, 7) is 5.71. The Labute approximate surface area is 142 Å². The maximum Gasteiger partial charge on any atom is 0.228 e. The van der Waals surface area contributed by atoms with Crippen LogP contribution in [0.2, 0.25) is 0 Å². The third-order valence-corrected chi connectivity index (χ3v) is 5.12. The molecule has 1 aliphatic rings. The average molecular weight is 324 g/mol. The van der Waals surface area contributed by atoms with Crippen molar-refractivity contribution in [3.8, 4) is 11.4 Å². The summed E-state index contributed by atoms with van der Waals surface area (Å²) in [6, 6.07) is 8.31. The molecule has 0 saturated carbocycles. The highest BCUT2D eigenvalue weighted by Gasteiger charge is 2.18. The van der Waals surface area contributed by atoms with E-state index in [1.807, 2.05) is 19.2 Å². The first kappa shape index (κ1) is 15.4. The first-order valence-corrected chi connectivity index (χ1v) is 8.80. The summed E-state index contributed by atoms with van der Waals surface area (Å²) in [5.41, 5.74) is 2.22. The number of aryl methyl sites for hydroxylation is 1. The molecule has 126 valence electrons. The lowest BCUT2D eigenvalue weighted by Gasteiger charge is -2.29. The first-order chi connectivity index (χ1) is 11.7. The Morgan fingerprint density at radius 2 is 2.00 bits per heavy atom. The molecule has 0 amide bonds. The van der Waals surface area contributed by atoms with Gasteiger partial charge >= 0.3 is 0 Å². The number of nitrogens with zero attached hydrogens (tertiary/aromatic N) is 4. The van der Waals surface area contributed by atoms with Crippen LogP contribution in [0.5, 0.6) is 0 Å². The normalized spacial score (nSPS) is 16.9. The average Bonchev–Trinajstić information content (AvgIpc) is 3.20. The third-order valence-electron chi connectivity index (χ3n) is 5.12. The van der Waals surface area contributed by atoms with Crippen molar-refractivity contribution < 1.29 is 4.52 Å². The number of aromatic nitrogens is 3. The van der Waals surface area contributed by atoms with Gasteiger partial charge in [-0.25, -0.2) is 0 Å². The van der Waals surface area contributed by atoms with Gasteiger partial charge in [-0.1, -0.05) is 30.3 Å². The first-order valence-electron chi connectivity index (χ1n) is 8.80. The number of benzene rings is 1. The second-order valence-corrected chi connectivity index (χ2v) is 6.96. The molecule has 1 saturated heterocycles. The molecule has 5 heteroatoms. The van der Waals surface area contributed by atoms with E-state index in [1.54, 1.807) is 0 Å². The molecule has 4 rings (SSSR count). The van der Waals surface area contributed by atoms with Crippen LogP contribution in [-0.2, 0) is 13.5 Å². The van der Waals surface area contributed by atoms with E-state index in [1.165, 1.54) is 31.4 Å². The predicted octanol–water partition coefficient (Wildman–Crippen LogP) is 3.50. The zero-order valence-electron chi connectivity index (χ0n) is 14.4. The van der Waals surface area contributed by atoms with Crippen molar-refractivity contribution in [1.29, 1.82) is 0 Å². The van der Waals surface area contributed by atoms with E-state index in [0.29, 0.717) is 5.82 Å². The molecule has 3 aromatic rings. The number of rotatable bonds is 4. The zero-order chi connectivity index (χ0) is 16.5. The van der Waals surface area contributed by atoms with E-state index < -0.39 is 0 Å². The van der Waals surface area contributed by atoms with Crippen molar-refractivity contribution in [3.63, 3.8) is 0 Å². The van der Waals surface area contributed by atoms with Gasteiger partial charge in [0.1, 0.15) is 0 Å². The minimum absolute atomic E-state index is 0.689. The van der Waals surface area contributed by atoms with E-state index in [-0.39, 0.29) is 0 Å². The second kappa shape index (κ2) is 6.40. The summed E-state index contributed by atoms with van der Waals surface area (Å²) < 4.78 is 7.60. The molecule has 0 atom stereocenters. The Morgan fingerprint density at radius 3 is 2.83 bits per heavy atom. The van der Waals surface area contributed by atoms with Crippen LogP contribution < -0.4 is 0 Å². The molecule has 0 bridgehead atoms. The Morgan fingerprint density at radius 1 is 1.21 bits per heavy atom. The van der Waals surface area contributed by atoms with Gasteiger partial charge in [0.2, 0.25) is 11.7 Å². The van der Waals surface area contributed by atoms with Gasteiger partial charge in [-0.2, -0.15) is 4.98 Å². The molecule has 2 aromatic heterocycles. The lowest BCUT2D eigenvalue weighted by molar-refractivity contribution is 0.189. The van der Waals surface area contributed by atoms with Gasteiger partial charge in [0.15, 0.2) is 0 Å². The molecule has 0 aliphatic carbocycles. The van der Waals surface area contributed by atoms with Crippen molar-refractivity contribution in [2.24, 2.45) is 13.0 Å². The molecule has 5 nitrogen and oxygen atoms in total. The Bertz CT molecular complexity index is 827. The van der Waals surface area contributed by atoms with Crippen molar-refractivity contribution in [3.05, 3.63) is 36.4 Å². The van der Waals surface area contributed by atoms with Gasteiger partial charge < -0.3 is 14.0 Å². The fourth-order valence-electron chi connectivity index (χ4n) is 3.53. The van der Waals surface area contributed by atoms with Crippen LogP contribution in [0.1, 0.15) is 25.7 Å². The van der Waals surface area contributed by atoms with Crippen molar-refractivity contribution in [1.82, 2.24) is 19.6 Å². The number of likely N-dealkylation sites (tertiary alicyclic amines) is 1. The summed E-state index contributed by atoms with van der Waals surface area (Å²) in [7, 11) is 2.05. The van der Waals surface area contributed by atoms with E-state index >= 15 is 0 Å². The smallest absolute Gasteiger partial charge is 0.228 e. The number of fused-ring (bicyclic) bond motifs is 1. The van der Waals surface area contributed by atoms with Crippen LogP contribution in [0.25, 0.3) is 22.3 Å². The SMILES string of the molecule is CC1CCN(CCc2nc(-c3cn(C)c4ccccc34)no2)CC1. The minimum Gasteiger partial charge on any atom is -0.350 e. The van der Waals surface area contributed by atoms with E-state index in [2.05, 4.69) is 44.9 Å². The highest BCUT2D eigenvalue weighted by atomic mass is 16.5. The van der Waals surface area contributed by atoms with E-state index in [9.17, 15) is 0 Å². The molecule has 0 radical (unpaired) electrons. The molecule has 1 fully saturated rings. The predicted molar refractivity (Wildman–Crippen MR) is 94.8 cm³/mol. The second-order valence-electron chi connectivity index (χ2n) is 6.96. The molecular formula is C19H24N4O. The molecule has 1 aliphatic heterocycles. The molecule has 0 unspecified atom stereocenters. The monoisotopic (exact) mass is 324 g/mol. The van der Waals surface area contributed by atoms with Crippen LogP contribution in [-0.4, -0.2) is 39.2 Å². The lowest BCUT2D eigenvalue weighted by Crippen LogP contribution is -2.34. The number of hydrogen-bond acceptors (Lipinski definition) is 4. The van der Waals surface area contributed by atoms with Gasteiger partial charge in [0.05, 0.1) is 0 Å². The standard InChI is InChI=1S/C19H24N4O/c1-14-7-10-23(11-8-14)12-9-18-20-19(21-24-18)16-13-22(2)17-6-4-3-5-15(16)17/h3-6,13-14H,7-12H2,1-2H3. The van der Waals surface area contributed by atoms with Gasteiger partial charge in [0.25, 0.3) is 0 Å². The molecule has 1 aromatic carbocycles.